The lowest BCUT2D eigenvalue weighted by Crippen LogP contribution is -2.33. The van der Waals surface area contributed by atoms with Crippen molar-refractivity contribution in [1.29, 1.82) is 0 Å². The summed E-state index contributed by atoms with van der Waals surface area (Å²) in [5.41, 5.74) is 1.94. The van der Waals surface area contributed by atoms with E-state index >= 15 is 0 Å². The molecule has 6 nitrogen and oxygen atoms in total. The van der Waals surface area contributed by atoms with Gasteiger partial charge in [0, 0.05) is 36.6 Å². The lowest BCUT2D eigenvalue weighted by atomic mass is 10.1. The predicted octanol–water partition coefficient (Wildman–Crippen LogP) is 1.88. The van der Waals surface area contributed by atoms with Crippen molar-refractivity contribution in [2.24, 2.45) is 0 Å². The van der Waals surface area contributed by atoms with Crippen LogP contribution in [-0.2, 0) is 4.79 Å². The number of carbonyl (C=O) groups is 1. The van der Waals surface area contributed by atoms with Gasteiger partial charge in [-0.3, -0.25) is 9.78 Å². The maximum atomic E-state index is 12.3. The Morgan fingerprint density at radius 2 is 2.13 bits per heavy atom. The monoisotopic (exact) mass is 312 g/mol. The van der Waals surface area contributed by atoms with Crippen molar-refractivity contribution in [2.75, 3.05) is 19.7 Å². The fraction of sp³-hybridized carbons (Fsp3) is 0.412. The van der Waals surface area contributed by atoms with Crippen LogP contribution in [0, 0.1) is 13.8 Å². The van der Waals surface area contributed by atoms with Gasteiger partial charge in [0.25, 0.3) is 5.91 Å². The number of aryl methyl sites for hydroxylation is 2. The molecule has 1 atom stereocenters. The van der Waals surface area contributed by atoms with Crippen LogP contribution in [0.15, 0.2) is 30.6 Å². The summed E-state index contributed by atoms with van der Waals surface area (Å²) in [6.07, 6.45) is 4.16. The molecular weight excluding hydrogens is 292 g/mol. The summed E-state index contributed by atoms with van der Waals surface area (Å²) in [7, 11) is 0. The maximum absolute atomic E-state index is 12.3. The van der Waals surface area contributed by atoms with E-state index in [4.69, 9.17) is 4.74 Å². The number of hydrogen-bond donors (Lipinski definition) is 0. The molecule has 0 unspecified atom stereocenters. The summed E-state index contributed by atoms with van der Waals surface area (Å²) >= 11 is 0. The fourth-order valence-corrected chi connectivity index (χ4v) is 2.80. The molecule has 1 fully saturated rings. The van der Waals surface area contributed by atoms with Crippen LogP contribution in [0.1, 0.15) is 29.6 Å². The van der Waals surface area contributed by atoms with Crippen LogP contribution in [0.4, 0.5) is 0 Å². The minimum absolute atomic E-state index is 0.0132. The second-order valence-electron chi connectivity index (χ2n) is 5.81. The molecule has 0 aromatic carbocycles. The van der Waals surface area contributed by atoms with E-state index in [-0.39, 0.29) is 18.4 Å². The van der Waals surface area contributed by atoms with Crippen LogP contribution >= 0.6 is 0 Å². The maximum Gasteiger partial charge on any atom is 0.260 e. The van der Waals surface area contributed by atoms with E-state index in [0.29, 0.717) is 12.3 Å². The number of ether oxygens (including phenoxy) is 1. The van der Waals surface area contributed by atoms with Gasteiger partial charge in [-0.2, -0.15) is 0 Å². The summed E-state index contributed by atoms with van der Waals surface area (Å²) in [5, 5.41) is 0. The molecule has 6 heteroatoms. The molecule has 2 aromatic rings. The second-order valence-corrected chi connectivity index (χ2v) is 5.81. The first-order valence-corrected chi connectivity index (χ1v) is 7.74. The Balaban J connectivity index is 1.57. The molecule has 2 aromatic heterocycles. The minimum atomic E-state index is -0.0132. The number of likely N-dealkylation sites (tertiary alicyclic amines) is 1. The zero-order valence-electron chi connectivity index (χ0n) is 13.4. The summed E-state index contributed by atoms with van der Waals surface area (Å²) in [5.74, 6) is 1.64. The highest BCUT2D eigenvalue weighted by Crippen LogP contribution is 2.25. The predicted molar refractivity (Wildman–Crippen MR) is 85.2 cm³/mol. The van der Waals surface area contributed by atoms with Crippen molar-refractivity contribution < 1.29 is 9.53 Å². The summed E-state index contributed by atoms with van der Waals surface area (Å²) in [6, 6.07) is 5.53. The Morgan fingerprint density at radius 1 is 1.35 bits per heavy atom. The van der Waals surface area contributed by atoms with Crippen molar-refractivity contribution in [3.8, 4) is 5.75 Å². The number of hydrogen-bond acceptors (Lipinski definition) is 5. The van der Waals surface area contributed by atoms with Crippen LogP contribution in [0.2, 0.25) is 0 Å². The Kier molecular flexibility index (Phi) is 4.50. The number of rotatable bonds is 4. The van der Waals surface area contributed by atoms with Crippen molar-refractivity contribution in [3.05, 3.63) is 47.8 Å². The molecule has 120 valence electrons. The van der Waals surface area contributed by atoms with E-state index in [2.05, 4.69) is 15.0 Å². The Labute approximate surface area is 135 Å². The van der Waals surface area contributed by atoms with Gasteiger partial charge in [-0.1, -0.05) is 0 Å². The number of pyridine rings is 1. The molecule has 1 aliphatic heterocycles. The summed E-state index contributed by atoms with van der Waals surface area (Å²) < 4.78 is 5.47. The van der Waals surface area contributed by atoms with E-state index < -0.39 is 0 Å². The van der Waals surface area contributed by atoms with E-state index in [1.165, 1.54) is 0 Å². The normalized spacial score (nSPS) is 17.3. The molecule has 0 saturated carbocycles. The van der Waals surface area contributed by atoms with E-state index in [9.17, 15) is 4.79 Å². The van der Waals surface area contributed by atoms with E-state index in [1.54, 1.807) is 24.5 Å². The molecule has 1 amide bonds. The molecule has 0 aliphatic carbocycles. The molecule has 0 bridgehead atoms. The topological polar surface area (TPSA) is 68.2 Å². The molecule has 0 N–H and O–H groups in total. The highest BCUT2D eigenvalue weighted by molar-refractivity contribution is 5.78. The molecular formula is C17H20N4O2. The molecule has 0 spiro atoms. The van der Waals surface area contributed by atoms with Gasteiger partial charge in [-0.15, -0.1) is 0 Å². The number of aromatic nitrogens is 3. The van der Waals surface area contributed by atoms with Gasteiger partial charge in [0.2, 0.25) is 0 Å². The third-order valence-corrected chi connectivity index (χ3v) is 3.90. The van der Waals surface area contributed by atoms with Gasteiger partial charge >= 0.3 is 0 Å². The van der Waals surface area contributed by atoms with Gasteiger partial charge in [0.1, 0.15) is 11.6 Å². The number of nitrogens with zero attached hydrogens (tertiary/aromatic N) is 4. The van der Waals surface area contributed by atoms with Crippen LogP contribution in [0.3, 0.4) is 0 Å². The second kappa shape index (κ2) is 6.73. The first-order chi connectivity index (χ1) is 11.1. The third kappa shape index (κ3) is 3.83. The molecule has 1 aliphatic rings. The molecule has 1 saturated heterocycles. The van der Waals surface area contributed by atoms with Crippen LogP contribution in [-0.4, -0.2) is 45.5 Å². The third-order valence-electron chi connectivity index (χ3n) is 3.90. The molecule has 3 heterocycles. The van der Waals surface area contributed by atoms with Gasteiger partial charge in [-0.05, 0) is 38.5 Å². The largest absolute Gasteiger partial charge is 0.482 e. The zero-order valence-corrected chi connectivity index (χ0v) is 13.4. The minimum Gasteiger partial charge on any atom is -0.482 e. The van der Waals surface area contributed by atoms with Gasteiger partial charge in [-0.25, -0.2) is 9.97 Å². The van der Waals surface area contributed by atoms with Crippen molar-refractivity contribution >= 4 is 5.91 Å². The van der Waals surface area contributed by atoms with Gasteiger partial charge < -0.3 is 9.64 Å². The van der Waals surface area contributed by atoms with E-state index in [0.717, 1.165) is 30.2 Å². The van der Waals surface area contributed by atoms with Crippen molar-refractivity contribution in [2.45, 2.75) is 26.2 Å². The Bertz CT molecular complexity index is 670. The van der Waals surface area contributed by atoms with Crippen LogP contribution in [0.5, 0.6) is 5.75 Å². The Hall–Kier alpha value is -2.50. The molecule has 3 rings (SSSR count). The van der Waals surface area contributed by atoms with Gasteiger partial charge in [0.15, 0.2) is 6.61 Å². The van der Waals surface area contributed by atoms with Crippen LogP contribution < -0.4 is 4.74 Å². The quantitative estimate of drug-likeness (QED) is 0.862. The van der Waals surface area contributed by atoms with E-state index in [1.807, 2.05) is 24.8 Å². The first-order valence-electron chi connectivity index (χ1n) is 7.74. The molecule has 0 radical (unpaired) electrons. The lowest BCUT2D eigenvalue weighted by molar-refractivity contribution is -0.132. The highest BCUT2D eigenvalue weighted by Gasteiger charge is 2.29. The van der Waals surface area contributed by atoms with Gasteiger partial charge in [0.05, 0.1) is 6.20 Å². The van der Waals surface area contributed by atoms with Crippen LogP contribution in [0.25, 0.3) is 0 Å². The Morgan fingerprint density at radius 3 is 2.83 bits per heavy atom. The highest BCUT2D eigenvalue weighted by atomic mass is 16.5. The zero-order chi connectivity index (χ0) is 16.2. The standard InChI is InChI=1S/C17H20N4O2/c1-12-8-13(2)20-17(19-12)14-5-7-21(10-14)16(22)11-23-15-4-3-6-18-9-15/h3-4,6,8-9,14H,5,7,10-11H2,1-2H3/t14-/m1/s1. The smallest absolute Gasteiger partial charge is 0.260 e. The fourth-order valence-electron chi connectivity index (χ4n) is 2.80. The van der Waals surface area contributed by atoms with Crippen molar-refractivity contribution in [3.63, 3.8) is 0 Å². The number of carbonyl (C=O) groups excluding carboxylic acids is 1. The molecule has 23 heavy (non-hydrogen) atoms. The lowest BCUT2D eigenvalue weighted by Gasteiger charge is -2.16. The first kappa shape index (κ1) is 15.4. The number of amides is 1. The SMILES string of the molecule is Cc1cc(C)nc([C@@H]2CCN(C(=O)COc3cccnc3)C2)n1. The average Bonchev–Trinajstić information content (AvgIpc) is 3.03. The van der Waals surface area contributed by atoms with Crippen molar-refractivity contribution in [1.82, 2.24) is 19.9 Å². The average molecular weight is 312 g/mol. The summed E-state index contributed by atoms with van der Waals surface area (Å²) in [6.45, 7) is 5.34. The summed E-state index contributed by atoms with van der Waals surface area (Å²) in [4.78, 5) is 27.1.